The fraction of sp³-hybridized carbons (Fsp3) is 0.118. The minimum Gasteiger partial charge on any atom is -0.478 e. The van der Waals surface area contributed by atoms with Gasteiger partial charge in [0.05, 0.1) is 11.4 Å². The van der Waals surface area contributed by atoms with Crippen molar-refractivity contribution in [2.75, 3.05) is 5.32 Å². The molecule has 1 heterocycles. The lowest BCUT2D eigenvalue weighted by molar-refractivity contribution is -0.122. The lowest BCUT2D eigenvalue weighted by atomic mass is 10.2. The zero-order chi connectivity index (χ0) is 16.9. The van der Waals surface area contributed by atoms with E-state index in [0.29, 0.717) is 11.4 Å². The maximum atomic E-state index is 13.6. The summed E-state index contributed by atoms with van der Waals surface area (Å²) in [4.78, 5) is 16.2. The van der Waals surface area contributed by atoms with Crippen molar-refractivity contribution in [3.63, 3.8) is 0 Å². The molecule has 1 amide bonds. The van der Waals surface area contributed by atoms with Gasteiger partial charge in [-0.15, -0.1) is 0 Å². The van der Waals surface area contributed by atoms with Crippen LogP contribution in [0.5, 0.6) is 5.75 Å². The summed E-state index contributed by atoms with van der Waals surface area (Å²) in [6.45, 7) is 1.56. The second-order valence-electron chi connectivity index (χ2n) is 5.04. The van der Waals surface area contributed by atoms with Crippen molar-refractivity contribution in [2.45, 2.75) is 13.0 Å². The number of amides is 1. The smallest absolute Gasteiger partial charge is 0.265 e. The van der Waals surface area contributed by atoms with Crippen LogP contribution in [0.15, 0.2) is 61.2 Å². The number of nitrogens with one attached hydrogen (secondary N) is 1. The van der Waals surface area contributed by atoms with E-state index < -0.39 is 17.8 Å². The summed E-state index contributed by atoms with van der Waals surface area (Å²) >= 11 is 0. The maximum Gasteiger partial charge on any atom is 0.265 e. The van der Waals surface area contributed by atoms with Crippen molar-refractivity contribution >= 4 is 11.6 Å². The van der Waals surface area contributed by atoms with Gasteiger partial charge in [-0.2, -0.15) is 5.10 Å². The quantitative estimate of drug-likeness (QED) is 0.783. The summed E-state index contributed by atoms with van der Waals surface area (Å²) in [6, 6.07) is 13.1. The minimum absolute atomic E-state index is 0.0321. The van der Waals surface area contributed by atoms with Crippen molar-refractivity contribution in [1.82, 2.24) is 14.8 Å². The predicted octanol–water partition coefficient (Wildman–Crippen LogP) is 2.81. The van der Waals surface area contributed by atoms with E-state index in [2.05, 4.69) is 15.4 Å². The van der Waals surface area contributed by atoms with Crippen LogP contribution in [0.2, 0.25) is 0 Å². The zero-order valence-corrected chi connectivity index (χ0v) is 12.9. The number of ether oxygens (including phenoxy) is 1. The number of benzene rings is 2. The van der Waals surface area contributed by atoms with E-state index in [0.717, 1.165) is 0 Å². The van der Waals surface area contributed by atoms with Crippen molar-refractivity contribution in [3.05, 3.63) is 67.0 Å². The molecular weight excluding hydrogens is 311 g/mol. The summed E-state index contributed by atoms with van der Waals surface area (Å²) in [5.41, 5.74) is 1.22. The third-order valence-corrected chi connectivity index (χ3v) is 3.34. The lowest BCUT2D eigenvalue weighted by Gasteiger charge is -2.16. The van der Waals surface area contributed by atoms with Gasteiger partial charge in [-0.25, -0.2) is 14.1 Å². The van der Waals surface area contributed by atoms with Crippen LogP contribution in [-0.4, -0.2) is 26.8 Å². The van der Waals surface area contributed by atoms with Crippen molar-refractivity contribution < 1.29 is 13.9 Å². The minimum atomic E-state index is -0.870. The molecule has 0 spiro atoms. The average Bonchev–Trinajstić information content (AvgIpc) is 3.11. The van der Waals surface area contributed by atoms with Crippen LogP contribution in [0.1, 0.15) is 6.92 Å². The van der Waals surface area contributed by atoms with Crippen LogP contribution in [0.25, 0.3) is 5.69 Å². The molecular formula is C17H15FN4O2. The van der Waals surface area contributed by atoms with E-state index >= 15 is 0 Å². The number of carbonyl (C=O) groups is 1. The highest BCUT2D eigenvalue weighted by molar-refractivity contribution is 5.95. The first kappa shape index (κ1) is 15.7. The number of hydrogen-bond acceptors (Lipinski definition) is 4. The zero-order valence-electron chi connectivity index (χ0n) is 12.9. The topological polar surface area (TPSA) is 69.0 Å². The molecule has 6 nitrogen and oxygen atoms in total. The van der Waals surface area contributed by atoms with Crippen LogP contribution in [0.3, 0.4) is 0 Å². The molecule has 122 valence electrons. The number of para-hydroxylation sites is 3. The summed E-state index contributed by atoms with van der Waals surface area (Å²) in [5, 5.41) is 6.82. The monoisotopic (exact) mass is 326 g/mol. The molecule has 24 heavy (non-hydrogen) atoms. The Balaban J connectivity index is 1.75. The van der Waals surface area contributed by atoms with Crippen molar-refractivity contribution in [3.8, 4) is 11.4 Å². The Bertz CT molecular complexity index is 836. The molecule has 0 bridgehead atoms. The Labute approximate surface area is 137 Å². The maximum absolute atomic E-state index is 13.6. The standard InChI is InChI=1S/C17H15FN4O2/c1-12(24-16-9-5-2-6-13(16)18)17(23)21-14-7-3-4-8-15(14)22-11-19-10-20-22/h2-12H,1H3,(H,21,23)/t12-/m0/s1. The van der Waals surface area contributed by atoms with Gasteiger partial charge >= 0.3 is 0 Å². The van der Waals surface area contributed by atoms with E-state index in [-0.39, 0.29) is 5.75 Å². The number of carbonyl (C=O) groups excluding carboxylic acids is 1. The first-order valence-corrected chi connectivity index (χ1v) is 7.31. The molecule has 0 saturated carbocycles. The molecule has 0 aliphatic rings. The Hall–Kier alpha value is -3.22. The highest BCUT2D eigenvalue weighted by Crippen LogP contribution is 2.20. The predicted molar refractivity (Wildman–Crippen MR) is 86.5 cm³/mol. The van der Waals surface area contributed by atoms with Gasteiger partial charge in [0.15, 0.2) is 17.7 Å². The van der Waals surface area contributed by atoms with Gasteiger partial charge in [-0.1, -0.05) is 24.3 Å². The van der Waals surface area contributed by atoms with Gasteiger partial charge in [-0.05, 0) is 31.2 Å². The summed E-state index contributed by atoms with van der Waals surface area (Å²) < 4.78 is 20.5. The first-order valence-electron chi connectivity index (χ1n) is 7.31. The van der Waals surface area contributed by atoms with E-state index in [1.165, 1.54) is 29.5 Å². The van der Waals surface area contributed by atoms with Gasteiger partial charge in [0.25, 0.3) is 5.91 Å². The molecule has 2 aromatic carbocycles. The van der Waals surface area contributed by atoms with E-state index in [1.807, 2.05) is 6.07 Å². The number of nitrogens with zero attached hydrogens (tertiary/aromatic N) is 3. The second-order valence-corrected chi connectivity index (χ2v) is 5.04. The van der Waals surface area contributed by atoms with Gasteiger partial charge in [0, 0.05) is 0 Å². The van der Waals surface area contributed by atoms with Gasteiger partial charge in [-0.3, -0.25) is 4.79 Å². The van der Waals surface area contributed by atoms with Gasteiger partial charge in [0.1, 0.15) is 12.7 Å². The Kier molecular flexibility index (Phi) is 4.51. The fourth-order valence-electron chi connectivity index (χ4n) is 2.13. The van der Waals surface area contributed by atoms with Crippen molar-refractivity contribution in [1.29, 1.82) is 0 Å². The molecule has 0 saturated heterocycles. The Morgan fingerprint density at radius 3 is 2.71 bits per heavy atom. The SMILES string of the molecule is C[C@H](Oc1ccccc1F)C(=O)Nc1ccccc1-n1cncn1. The number of aromatic nitrogens is 3. The normalized spacial score (nSPS) is 11.8. The largest absolute Gasteiger partial charge is 0.478 e. The van der Waals surface area contributed by atoms with E-state index in [4.69, 9.17) is 4.74 Å². The number of anilines is 1. The Morgan fingerprint density at radius 2 is 1.96 bits per heavy atom. The second kappa shape index (κ2) is 6.91. The highest BCUT2D eigenvalue weighted by Gasteiger charge is 2.18. The summed E-state index contributed by atoms with van der Waals surface area (Å²) in [7, 11) is 0. The molecule has 0 aliphatic heterocycles. The molecule has 1 atom stereocenters. The third-order valence-electron chi connectivity index (χ3n) is 3.34. The molecule has 0 unspecified atom stereocenters. The highest BCUT2D eigenvalue weighted by atomic mass is 19.1. The number of hydrogen-bond donors (Lipinski definition) is 1. The molecule has 3 rings (SSSR count). The van der Waals surface area contributed by atoms with Crippen LogP contribution >= 0.6 is 0 Å². The molecule has 0 radical (unpaired) electrons. The third kappa shape index (κ3) is 3.40. The lowest BCUT2D eigenvalue weighted by Crippen LogP contribution is -2.30. The van der Waals surface area contributed by atoms with Gasteiger partial charge in [0.2, 0.25) is 0 Å². The first-order chi connectivity index (χ1) is 11.6. The molecule has 1 N–H and O–H groups in total. The average molecular weight is 326 g/mol. The molecule has 0 fully saturated rings. The summed E-state index contributed by atoms with van der Waals surface area (Å²) in [5.74, 6) is -0.879. The molecule has 0 aliphatic carbocycles. The van der Waals surface area contributed by atoms with Crippen molar-refractivity contribution in [2.24, 2.45) is 0 Å². The molecule has 3 aromatic rings. The van der Waals surface area contributed by atoms with Gasteiger partial charge < -0.3 is 10.1 Å². The number of halogens is 1. The number of rotatable bonds is 5. The van der Waals surface area contributed by atoms with Crippen LogP contribution < -0.4 is 10.1 Å². The summed E-state index contributed by atoms with van der Waals surface area (Å²) in [6.07, 6.45) is 2.07. The van der Waals surface area contributed by atoms with Crippen LogP contribution in [-0.2, 0) is 4.79 Å². The fourth-order valence-corrected chi connectivity index (χ4v) is 2.13. The molecule has 1 aromatic heterocycles. The van der Waals surface area contributed by atoms with Crippen LogP contribution in [0, 0.1) is 5.82 Å². The van der Waals surface area contributed by atoms with E-state index in [1.54, 1.807) is 37.3 Å². The molecule has 7 heteroatoms. The van der Waals surface area contributed by atoms with E-state index in [9.17, 15) is 9.18 Å². The van der Waals surface area contributed by atoms with Crippen LogP contribution in [0.4, 0.5) is 10.1 Å². The Morgan fingerprint density at radius 1 is 1.21 bits per heavy atom.